The lowest BCUT2D eigenvalue weighted by molar-refractivity contribution is 0.660. The molecule has 1 aliphatic rings. The molecule has 0 aliphatic heterocycles. The molecule has 21 aromatic carbocycles. The zero-order valence-electron chi connectivity index (χ0n) is 71.8. The number of benzene rings is 21. The van der Waals surface area contributed by atoms with Gasteiger partial charge in [0.15, 0.2) is 0 Å². The fourth-order valence-corrected chi connectivity index (χ4v) is 18.7. The third-order valence-corrected chi connectivity index (χ3v) is 25.1. The maximum Gasteiger partial charge on any atom is 0.0540 e. The van der Waals surface area contributed by atoms with Gasteiger partial charge in [0, 0.05) is 107 Å². The van der Waals surface area contributed by atoms with Gasteiger partial charge < -0.3 is 29.4 Å². The van der Waals surface area contributed by atoms with Gasteiger partial charge in [-0.2, -0.15) is 0 Å². The van der Waals surface area contributed by atoms with E-state index in [0.717, 1.165) is 113 Å². The maximum atomic E-state index is 2.40. The quantitative estimate of drug-likeness (QED) is 0.0709. The number of fused-ring (bicyclic) bond motifs is 6. The lowest BCUT2D eigenvalue weighted by atomic mass is 9.82. The van der Waals surface area contributed by atoms with E-state index in [-0.39, 0.29) is 5.41 Å². The molecule has 0 heterocycles. The molecule has 6 nitrogen and oxygen atoms in total. The minimum atomic E-state index is -0.0928. The Bertz CT molecular complexity index is 7180. The van der Waals surface area contributed by atoms with Crippen molar-refractivity contribution in [3.05, 3.63) is 533 Å². The van der Waals surface area contributed by atoms with Gasteiger partial charge in [-0.15, -0.1) is 0 Å². The molecule has 22 rings (SSSR count). The second-order valence-corrected chi connectivity index (χ2v) is 33.2. The average Bonchev–Trinajstić information content (AvgIpc) is 1.58. The van der Waals surface area contributed by atoms with Gasteiger partial charge in [0.25, 0.3) is 0 Å². The summed E-state index contributed by atoms with van der Waals surface area (Å²) in [5, 5.41) is 7.28. The molecule has 0 radical (unpaired) electrons. The van der Waals surface area contributed by atoms with Crippen LogP contribution in [0.1, 0.15) is 25.0 Å². The molecule has 129 heavy (non-hydrogen) atoms. The smallest absolute Gasteiger partial charge is 0.0540 e. The van der Waals surface area contributed by atoms with Crippen molar-refractivity contribution in [3.63, 3.8) is 0 Å². The summed E-state index contributed by atoms with van der Waals surface area (Å²) in [6.45, 7) is 4.70. The fraction of sp³-hybridized carbons (Fsp3) is 0.0244. The first-order valence-corrected chi connectivity index (χ1v) is 44.3. The Labute approximate surface area is 755 Å². The Hall–Kier alpha value is -16.8. The zero-order chi connectivity index (χ0) is 86.4. The number of nitrogens with zero attached hydrogens (tertiary/aromatic N) is 6. The molecule has 0 N–H and O–H groups in total. The summed E-state index contributed by atoms with van der Waals surface area (Å²) in [7, 11) is 0. The number of hydrogen-bond acceptors (Lipinski definition) is 6. The number of anilines is 18. The van der Waals surface area contributed by atoms with E-state index in [9.17, 15) is 0 Å². The van der Waals surface area contributed by atoms with Crippen molar-refractivity contribution < 1.29 is 0 Å². The number of hydrogen-bond donors (Lipinski definition) is 0. The highest BCUT2D eigenvalue weighted by atomic mass is 15.2. The Kier molecular flexibility index (Phi) is 21.8. The van der Waals surface area contributed by atoms with E-state index >= 15 is 0 Å². The molecule has 0 saturated carbocycles. The van der Waals surface area contributed by atoms with Gasteiger partial charge in [-0.05, 0) is 272 Å². The Balaban J connectivity index is 0.000000161. The van der Waals surface area contributed by atoms with E-state index < -0.39 is 0 Å². The highest BCUT2D eigenvalue weighted by Crippen LogP contribution is 2.52. The summed E-state index contributed by atoms with van der Waals surface area (Å²) < 4.78 is 0. The summed E-state index contributed by atoms with van der Waals surface area (Å²) in [5.74, 6) is 0. The van der Waals surface area contributed by atoms with E-state index in [0.29, 0.717) is 0 Å². The second kappa shape index (κ2) is 35.4. The molecule has 0 saturated heterocycles. The first kappa shape index (κ1) is 79.4. The van der Waals surface area contributed by atoms with Crippen molar-refractivity contribution in [2.24, 2.45) is 0 Å². The van der Waals surface area contributed by atoms with Gasteiger partial charge in [0.05, 0.1) is 17.1 Å². The van der Waals surface area contributed by atoms with Gasteiger partial charge >= 0.3 is 0 Å². The lowest BCUT2D eigenvalue weighted by Gasteiger charge is -2.29. The van der Waals surface area contributed by atoms with Crippen molar-refractivity contribution in [2.45, 2.75) is 19.3 Å². The number of rotatable bonds is 21. The van der Waals surface area contributed by atoms with Crippen LogP contribution >= 0.6 is 0 Å². The van der Waals surface area contributed by atoms with Crippen LogP contribution < -0.4 is 29.4 Å². The van der Waals surface area contributed by atoms with Gasteiger partial charge in [-0.25, -0.2) is 0 Å². The topological polar surface area (TPSA) is 19.4 Å². The monoisotopic (exact) mass is 1650 g/mol. The summed E-state index contributed by atoms with van der Waals surface area (Å²) in [6, 6.07) is 188. The van der Waals surface area contributed by atoms with Crippen LogP contribution in [0.25, 0.3) is 76.8 Å². The van der Waals surface area contributed by atoms with Crippen LogP contribution in [0.3, 0.4) is 0 Å². The molecular weight excluding hydrogens is 1560 g/mol. The van der Waals surface area contributed by atoms with Crippen LogP contribution in [0.15, 0.2) is 522 Å². The molecule has 0 aromatic heterocycles. The highest BCUT2D eigenvalue weighted by Gasteiger charge is 2.36. The Morgan fingerprint density at radius 3 is 0.651 bits per heavy atom. The standard InChI is InChI=1S/C68H50N4.C55H42N2/c1-5-23-55(24-6-1)69(61-43-47-63(48-44-61)71(57-27-9-3-10-28-57)67-33-17-21-53-19-13-15-31-65(53)67)59-39-35-51(36-40-59)52-37-41-60(42-38-52)70(56-25-7-2-8-26-56)62-45-49-64(50-46-62)72(58-29-11-4-12-30-58)68-34-18-22-54-20-14-16-32-66(54)68;1-55(2)52-22-12-11-21-50(52)51-37-36-48(38-53(51)55)56(45-30-24-40(25-31-45)39-14-5-3-6-15-39)46-32-26-41(27-33-46)42-28-34-47(35-29-42)57(44-18-7-4-8-19-44)54-23-13-17-43-16-9-10-20-49(43)54/h1-50H;3-38H,1-2H3. The van der Waals surface area contributed by atoms with E-state index in [1.807, 2.05) is 0 Å². The third kappa shape index (κ3) is 16.0. The van der Waals surface area contributed by atoms with E-state index in [1.165, 1.54) is 76.8 Å². The van der Waals surface area contributed by atoms with Gasteiger partial charge in [-0.1, -0.05) is 335 Å². The summed E-state index contributed by atoms with van der Waals surface area (Å²) in [4.78, 5) is 14.1. The largest absolute Gasteiger partial charge is 0.311 e. The average molecular weight is 1650 g/mol. The van der Waals surface area contributed by atoms with Crippen LogP contribution in [-0.4, -0.2) is 0 Å². The molecule has 614 valence electrons. The summed E-state index contributed by atoms with van der Waals surface area (Å²) in [5.41, 5.74) is 32.3. The van der Waals surface area contributed by atoms with E-state index in [1.54, 1.807) is 0 Å². The highest BCUT2D eigenvalue weighted by molar-refractivity contribution is 6.03. The molecule has 21 aromatic rings. The lowest BCUT2D eigenvalue weighted by Crippen LogP contribution is -2.16. The van der Waals surface area contributed by atoms with Gasteiger partial charge in [0.2, 0.25) is 0 Å². The second-order valence-electron chi connectivity index (χ2n) is 33.2. The molecule has 0 bridgehead atoms. The third-order valence-electron chi connectivity index (χ3n) is 25.1. The van der Waals surface area contributed by atoms with Crippen molar-refractivity contribution in [1.29, 1.82) is 0 Å². The molecule has 0 spiro atoms. The molecule has 1 aliphatic carbocycles. The minimum Gasteiger partial charge on any atom is -0.311 e. The molecule has 0 atom stereocenters. The van der Waals surface area contributed by atoms with Gasteiger partial charge in [-0.3, -0.25) is 0 Å². The van der Waals surface area contributed by atoms with Crippen LogP contribution in [0.2, 0.25) is 0 Å². The summed E-state index contributed by atoms with van der Waals surface area (Å²) in [6.07, 6.45) is 0. The van der Waals surface area contributed by atoms with Crippen molar-refractivity contribution in [1.82, 2.24) is 0 Å². The van der Waals surface area contributed by atoms with E-state index in [4.69, 9.17) is 0 Å². The maximum absolute atomic E-state index is 2.40. The van der Waals surface area contributed by atoms with E-state index in [2.05, 4.69) is 565 Å². The fourth-order valence-electron chi connectivity index (χ4n) is 18.7. The SMILES string of the molecule is CC1(C)c2ccccc2-c2ccc(N(c3ccc(-c4ccccc4)cc3)c3ccc(-c4ccc(N(c5ccccc5)c5cccc6ccccc56)cc4)cc3)cc21.c1ccc(N(c2ccc(-c3ccc(N(c4ccccc4)c4ccc(N(c5ccccc5)c5cccc6ccccc56)cc4)cc3)cc2)c2ccc(N(c3ccccc3)c3cccc4ccccc34)cc2)cc1. The van der Waals surface area contributed by atoms with Crippen molar-refractivity contribution in [3.8, 4) is 44.5 Å². The zero-order valence-corrected chi connectivity index (χ0v) is 71.8. The van der Waals surface area contributed by atoms with Crippen LogP contribution in [0.4, 0.5) is 102 Å². The first-order valence-electron chi connectivity index (χ1n) is 44.3. The van der Waals surface area contributed by atoms with Crippen molar-refractivity contribution >= 4 is 135 Å². The number of para-hydroxylation sites is 5. The molecule has 0 fully saturated rings. The Morgan fingerprint density at radius 2 is 0.341 bits per heavy atom. The molecule has 6 heteroatoms. The molecule has 0 amide bonds. The van der Waals surface area contributed by atoms with Crippen LogP contribution in [0, 0.1) is 0 Å². The predicted octanol–water partition coefficient (Wildman–Crippen LogP) is 35.0. The Morgan fingerprint density at radius 1 is 0.140 bits per heavy atom. The van der Waals surface area contributed by atoms with Crippen LogP contribution in [-0.2, 0) is 5.41 Å². The predicted molar refractivity (Wildman–Crippen MR) is 547 cm³/mol. The molecular formula is C123H92N6. The normalized spacial score (nSPS) is 11.7. The summed E-state index contributed by atoms with van der Waals surface area (Å²) >= 11 is 0. The van der Waals surface area contributed by atoms with Gasteiger partial charge in [0.1, 0.15) is 0 Å². The van der Waals surface area contributed by atoms with Crippen LogP contribution in [0.5, 0.6) is 0 Å². The first-order chi connectivity index (χ1) is 63.8. The minimum absolute atomic E-state index is 0.0928. The molecule has 0 unspecified atom stereocenters. The van der Waals surface area contributed by atoms with Crippen molar-refractivity contribution in [2.75, 3.05) is 29.4 Å².